The molecule has 0 aliphatic carbocycles. The molecule has 0 saturated heterocycles. The minimum absolute atomic E-state index is 0.292. The Bertz CT molecular complexity index is 164. The van der Waals surface area contributed by atoms with Gasteiger partial charge in [-0.1, -0.05) is 12.8 Å². The van der Waals surface area contributed by atoms with E-state index in [2.05, 4.69) is 4.99 Å². The molecule has 0 aliphatic rings. The van der Waals surface area contributed by atoms with Crippen molar-refractivity contribution < 1.29 is 4.79 Å². The van der Waals surface area contributed by atoms with E-state index in [-0.39, 0.29) is 6.04 Å². The molecule has 0 radical (unpaired) electrons. The molecule has 13 heavy (non-hydrogen) atoms. The van der Waals surface area contributed by atoms with Gasteiger partial charge in [-0.15, -0.1) is 0 Å². The number of rotatable bonds is 7. The minimum Gasteiger partial charge on any atom is -0.388 e. The van der Waals surface area contributed by atoms with Gasteiger partial charge >= 0.3 is 0 Å². The van der Waals surface area contributed by atoms with Crippen molar-refractivity contribution in [2.24, 2.45) is 16.5 Å². The highest BCUT2D eigenvalue weighted by Gasteiger charge is 1.98. The molecule has 0 rings (SSSR count). The average Bonchev–Trinajstić information content (AvgIpc) is 2.10. The van der Waals surface area contributed by atoms with Gasteiger partial charge in [0.25, 0.3) is 0 Å². The lowest BCUT2D eigenvalue weighted by molar-refractivity contribution is -0.109. The molecule has 4 nitrogen and oxygen atoms in total. The smallest absolute Gasteiger partial charge is 0.136 e. The molecule has 0 aliphatic heterocycles. The quantitative estimate of drug-likeness (QED) is 0.261. The van der Waals surface area contributed by atoms with Crippen LogP contribution in [0.1, 0.15) is 32.6 Å². The van der Waals surface area contributed by atoms with Gasteiger partial charge in [-0.25, -0.2) is 0 Å². The van der Waals surface area contributed by atoms with E-state index < -0.39 is 0 Å². The third kappa shape index (κ3) is 9.01. The standard InChI is InChI=1S/C9H19N3O/c1-8(10)12-6-4-2-3-5-9(11)7-13/h7,9H,2-6,11H2,1H3,(H2,10,12)/t9-/m0/s1. The number of aliphatic imine (C=N–C) groups is 1. The van der Waals surface area contributed by atoms with Crippen LogP contribution in [0.5, 0.6) is 0 Å². The summed E-state index contributed by atoms with van der Waals surface area (Å²) in [5.74, 6) is 0.629. The number of aldehydes is 1. The van der Waals surface area contributed by atoms with Crippen LogP contribution in [0.25, 0.3) is 0 Å². The van der Waals surface area contributed by atoms with Gasteiger partial charge in [-0.3, -0.25) is 4.99 Å². The van der Waals surface area contributed by atoms with E-state index >= 15 is 0 Å². The van der Waals surface area contributed by atoms with Crippen molar-refractivity contribution in [1.29, 1.82) is 0 Å². The molecule has 0 amide bonds. The summed E-state index contributed by atoms with van der Waals surface area (Å²) in [5, 5.41) is 0. The maximum absolute atomic E-state index is 10.2. The van der Waals surface area contributed by atoms with Crippen LogP contribution in [0.3, 0.4) is 0 Å². The summed E-state index contributed by atoms with van der Waals surface area (Å²) >= 11 is 0. The van der Waals surface area contributed by atoms with Crippen LogP contribution >= 0.6 is 0 Å². The predicted molar refractivity (Wildman–Crippen MR) is 54.7 cm³/mol. The van der Waals surface area contributed by atoms with Gasteiger partial charge in [0.05, 0.1) is 11.9 Å². The van der Waals surface area contributed by atoms with Crippen molar-refractivity contribution in [2.45, 2.75) is 38.6 Å². The van der Waals surface area contributed by atoms with Gasteiger partial charge in [-0.05, 0) is 19.8 Å². The van der Waals surface area contributed by atoms with Crippen molar-refractivity contribution in [1.82, 2.24) is 0 Å². The van der Waals surface area contributed by atoms with Crippen molar-refractivity contribution in [2.75, 3.05) is 6.54 Å². The van der Waals surface area contributed by atoms with Gasteiger partial charge in [0, 0.05) is 6.54 Å². The lowest BCUT2D eigenvalue weighted by Gasteiger charge is -2.02. The zero-order chi connectivity index (χ0) is 10.1. The zero-order valence-electron chi connectivity index (χ0n) is 8.20. The fraction of sp³-hybridized carbons (Fsp3) is 0.778. The molecule has 4 heteroatoms. The molecular weight excluding hydrogens is 166 g/mol. The van der Waals surface area contributed by atoms with E-state index in [1.807, 2.05) is 0 Å². The highest BCUT2D eigenvalue weighted by Crippen LogP contribution is 2.01. The van der Waals surface area contributed by atoms with Crippen molar-refractivity contribution in [3.05, 3.63) is 0 Å². The molecule has 4 N–H and O–H groups in total. The second-order valence-electron chi connectivity index (χ2n) is 3.17. The maximum Gasteiger partial charge on any atom is 0.136 e. The molecule has 0 aromatic carbocycles. The largest absolute Gasteiger partial charge is 0.388 e. The molecule has 0 saturated carbocycles. The first-order valence-corrected chi connectivity index (χ1v) is 4.64. The minimum atomic E-state index is -0.292. The van der Waals surface area contributed by atoms with Crippen LogP contribution in [0.4, 0.5) is 0 Å². The first-order chi connectivity index (χ1) is 6.16. The Hall–Kier alpha value is -0.900. The Balaban J connectivity index is 3.17. The van der Waals surface area contributed by atoms with Crippen LogP contribution in [0.2, 0.25) is 0 Å². The van der Waals surface area contributed by atoms with E-state index in [1.165, 1.54) is 0 Å². The topological polar surface area (TPSA) is 81.5 Å². The molecule has 0 aromatic rings. The number of amidine groups is 1. The van der Waals surface area contributed by atoms with Crippen LogP contribution in [-0.4, -0.2) is 24.7 Å². The van der Waals surface area contributed by atoms with Gasteiger partial charge in [0.2, 0.25) is 0 Å². The van der Waals surface area contributed by atoms with Gasteiger partial charge in [-0.2, -0.15) is 0 Å². The van der Waals surface area contributed by atoms with Crippen molar-refractivity contribution in [3.63, 3.8) is 0 Å². The van der Waals surface area contributed by atoms with E-state index in [1.54, 1.807) is 6.92 Å². The maximum atomic E-state index is 10.2. The second-order valence-corrected chi connectivity index (χ2v) is 3.17. The lowest BCUT2D eigenvalue weighted by atomic mass is 10.1. The van der Waals surface area contributed by atoms with E-state index in [0.29, 0.717) is 5.84 Å². The molecule has 76 valence electrons. The summed E-state index contributed by atoms with van der Waals surface area (Å²) < 4.78 is 0. The number of carbonyl (C=O) groups is 1. The summed E-state index contributed by atoms with van der Waals surface area (Å²) in [6.45, 7) is 2.56. The zero-order valence-corrected chi connectivity index (χ0v) is 8.20. The highest BCUT2D eigenvalue weighted by molar-refractivity contribution is 5.77. The number of hydrogen-bond acceptors (Lipinski definition) is 3. The van der Waals surface area contributed by atoms with E-state index in [4.69, 9.17) is 11.5 Å². The monoisotopic (exact) mass is 185 g/mol. The summed E-state index contributed by atoms with van der Waals surface area (Å²) in [6, 6.07) is -0.292. The van der Waals surface area contributed by atoms with Gasteiger partial charge < -0.3 is 16.3 Å². The van der Waals surface area contributed by atoms with Crippen molar-refractivity contribution in [3.8, 4) is 0 Å². The van der Waals surface area contributed by atoms with Crippen LogP contribution in [0, 0.1) is 0 Å². The fourth-order valence-corrected chi connectivity index (χ4v) is 0.992. The normalized spacial score (nSPS) is 14.2. The fourth-order valence-electron chi connectivity index (χ4n) is 0.992. The third-order valence-corrected chi connectivity index (χ3v) is 1.73. The van der Waals surface area contributed by atoms with E-state index in [9.17, 15) is 4.79 Å². The van der Waals surface area contributed by atoms with Gasteiger partial charge in [0.15, 0.2) is 0 Å². The molecular formula is C9H19N3O. The SMILES string of the molecule is CC(N)=NCCCCC[C@H](N)C=O. The summed E-state index contributed by atoms with van der Waals surface area (Å²) in [7, 11) is 0. The molecule has 1 atom stereocenters. The summed E-state index contributed by atoms with van der Waals surface area (Å²) in [4.78, 5) is 14.2. The van der Waals surface area contributed by atoms with E-state index in [0.717, 1.165) is 38.5 Å². The van der Waals surface area contributed by atoms with Gasteiger partial charge in [0.1, 0.15) is 6.29 Å². The second kappa shape index (κ2) is 7.73. The first kappa shape index (κ1) is 12.1. The summed E-state index contributed by atoms with van der Waals surface area (Å²) in [5.41, 5.74) is 10.8. The number of nitrogens with two attached hydrogens (primary N) is 2. The number of carbonyl (C=O) groups excluding carboxylic acids is 1. The third-order valence-electron chi connectivity index (χ3n) is 1.73. The highest BCUT2D eigenvalue weighted by atomic mass is 16.1. The molecule has 0 unspecified atom stereocenters. The average molecular weight is 185 g/mol. The summed E-state index contributed by atoms with van der Waals surface area (Å²) in [6.07, 6.45) is 4.62. The Morgan fingerprint density at radius 2 is 2.15 bits per heavy atom. The molecule has 0 fully saturated rings. The Morgan fingerprint density at radius 3 is 2.69 bits per heavy atom. The molecule has 0 spiro atoms. The Kier molecular flexibility index (Phi) is 7.20. The Labute approximate surface area is 79.4 Å². The molecule has 0 aromatic heterocycles. The molecule has 0 heterocycles. The number of nitrogens with zero attached hydrogens (tertiary/aromatic N) is 1. The number of hydrogen-bond donors (Lipinski definition) is 2. The predicted octanol–water partition coefficient (Wildman–Crippen LogP) is 0.450. The van der Waals surface area contributed by atoms with Crippen molar-refractivity contribution >= 4 is 12.1 Å². The lowest BCUT2D eigenvalue weighted by Crippen LogP contribution is -2.20. The van der Waals surface area contributed by atoms with Crippen LogP contribution in [-0.2, 0) is 4.79 Å². The molecule has 0 bridgehead atoms. The van der Waals surface area contributed by atoms with Crippen LogP contribution in [0.15, 0.2) is 4.99 Å². The number of unbranched alkanes of at least 4 members (excludes halogenated alkanes) is 2. The van der Waals surface area contributed by atoms with Crippen LogP contribution < -0.4 is 11.5 Å². The Morgan fingerprint density at radius 1 is 1.46 bits per heavy atom. The first-order valence-electron chi connectivity index (χ1n) is 4.64.